The van der Waals surface area contributed by atoms with Gasteiger partial charge in [-0.25, -0.2) is 4.98 Å². The van der Waals surface area contributed by atoms with Crippen LogP contribution in [0.3, 0.4) is 0 Å². The summed E-state index contributed by atoms with van der Waals surface area (Å²) in [7, 11) is 0. The van der Waals surface area contributed by atoms with E-state index < -0.39 is 0 Å². The van der Waals surface area contributed by atoms with E-state index in [0.29, 0.717) is 11.2 Å². The minimum Gasteiger partial charge on any atom is -0.379 e. The summed E-state index contributed by atoms with van der Waals surface area (Å²) >= 11 is 5.99. The largest absolute Gasteiger partial charge is 0.379 e. The molecule has 4 heterocycles. The topological polar surface area (TPSA) is 56.1 Å². The molecule has 1 aliphatic heterocycles. The SMILES string of the molecule is CC1COCCN1CCCn1cc(-c2cnc3ccc(Cl)nc3c2)cn1. The quantitative estimate of drug-likeness (QED) is 0.644. The van der Waals surface area contributed by atoms with E-state index in [0.717, 1.165) is 61.4 Å². The summed E-state index contributed by atoms with van der Waals surface area (Å²) in [5, 5.41) is 4.97. The van der Waals surface area contributed by atoms with E-state index >= 15 is 0 Å². The summed E-state index contributed by atoms with van der Waals surface area (Å²) in [6.45, 7) is 6.87. The van der Waals surface area contributed by atoms with Crippen LogP contribution in [0.1, 0.15) is 13.3 Å². The van der Waals surface area contributed by atoms with Crippen molar-refractivity contribution in [3.63, 3.8) is 0 Å². The number of ether oxygens (including phenoxy) is 1. The van der Waals surface area contributed by atoms with E-state index in [9.17, 15) is 0 Å². The van der Waals surface area contributed by atoms with E-state index in [1.165, 1.54) is 0 Å². The molecule has 0 aliphatic carbocycles. The number of aromatic nitrogens is 4. The van der Waals surface area contributed by atoms with Crippen LogP contribution >= 0.6 is 11.6 Å². The molecule has 1 atom stereocenters. The molecule has 136 valence electrons. The van der Waals surface area contributed by atoms with Crippen LogP contribution < -0.4 is 0 Å². The molecule has 0 spiro atoms. The summed E-state index contributed by atoms with van der Waals surface area (Å²) in [5.74, 6) is 0. The molecule has 0 N–H and O–H groups in total. The maximum absolute atomic E-state index is 5.99. The third-order valence-corrected chi connectivity index (χ3v) is 5.02. The number of rotatable bonds is 5. The maximum atomic E-state index is 5.99. The third kappa shape index (κ3) is 3.87. The Balaban J connectivity index is 1.41. The number of hydrogen-bond acceptors (Lipinski definition) is 5. The Morgan fingerprint density at radius 3 is 3.00 bits per heavy atom. The molecule has 1 unspecified atom stereocenters. The second kappa shape index (κ2) is 7.70. The summed E-state index contributed by atoms with van der Waals surface area (Å²) in [6.07, 6.45) is 6.87. The molecule has 0 amide bonds. The average molecular weight is 372 g/mol. The predicted octanol–water partition coefficient (Wildman–Crippen LogP) is 3.26. The normalized spacial score (nSPS) is 18.5. The van der Waals surface area contributed by atoms with Gasteiger partial charge in [0, 0.05) is 49.2 Å². The zero-order chi connectivity index (χ0) is 17.9. The highest BCUT2D eigenvalue weighted by Crippen LogP contribution is 2.22. The lowest BCUT2D eigenvalue weighted by Gasteiger charge is -2.33. The van der Waals surface area contributed by atoms with Gasteiger partial charge in [0.1, 0.15) is 5.15 Å². The Bertz CT molecular complexity index is 897. The van der Waals surface area contributed by atoms with Crippen LogP contribution in [-0.4, -0.2) is 57.0 Å². The second-order valence-electron chi connectivity index (χ2n) is 6.70. The fraction of sp³-hybridized carbons (Fsp3) is 0.421. The molecule has 1 aliphatic rings. The molecule has 0 saturated carbocycles. The van der Waals surface area contributed by atoms with Crippen molar-refractivity contribution < 1.29 is 4.74 Å². The first-order valence-corrected chi connectivity index (χ1v) is 9.34. The molecule has 3 aromatic heterocycles. The van der Waals surface area contributed by atoms with Crippen molar-refractivity contribution in [1.29, 1.82) is 0 Å². The number of aryl methyl sites for hydroxylation is 1. The van der Waals surface area contributed by atoms with Crippen LogP contribution in [0.4, 0.5) is 0 Å². The predicted molar refractivity (Wildman–Crippen MR) is 102 cm³/mol. The molecule has 26 heavy (non-hydrogen) atoms. The minimum atomic E-state index is 0.476. The monoisotopic (exact) mass is 371 g/mol. The van der Waals surface area contributed by atoms with Crippen LogP contribution in [0.2, 0.25) is 5.15 Å². The highest BCUT2D eigenvalue weighted by Gasteiger charge is 2.17. The van der Waals surface area contributed by atoms with Gasteiger partial charge in [0.15, 0.2) is 0 Å². The molecule has 4 rings (SSSR count). The minimum absolute atomic E-state index is 0.476. The van der Waals surface area contributed by atoms with Crippen molar-refractivity contribution in [3.8, 4) is 11.1 Å². The Hall–Kier alpha value is -2.02. The molecular weight excluding hydrogens is 350 g/mol. The van der Waals surface area contributed by atoms with E-state index in [2.05, 4.69) is 33.1 Å². The Morgan fingerprint density at radius 2 is 2.12 bits per heavy atom. The van der Waals surface area contributed by atoms with Crippen molar-refractivity contribution in [3.05, 3.63) is 41.9 Å². The highest BCUT2D eigenvalue weighted by molar-refractivity contribution is 6.29. The molecule has 6 nitrogen and oxygen atoms in total. The summed E-state index contributed by atoms with van der Waals surface area (Å²) in [5.41, 5.74) is 3.68. The van der Waals surface area contributed by atoms with Crippen molar-refractivity contribution in [1.82, 2.24) is 24.6 Å². The molecule has 3 aromatic rings. The standard InChI is InChI=1S/C19H22ClN5O/c1-14-13-26-8-7-24(14)5-2-6-25-12-16(11-22-25)15-9-18-17(21-10-15)3-4-19(20)23-18/h3-4,9-12,14H,2,5-8,13H2,1H3. The smallest absolute Gasteiger partial charge is 0.129 e. The van der Waals surface area contributed by atoms with Gasteiger partial charge >= 0.3 is 0 Å². The molecular formula is C19H22ClN5O. The average Bonchev–Trinajstić information content (AvgIpc) is 3.11. The molecule has 1 saturated heterocycles. The first-order chi connectivity index (χ1) is 12.7. The van der Waals surface area contributed by atoms with Crippen LogP contribution in [0.25, 0.3) is 22.2 Å². The fourth-order valence-corrected chi connectivity index (χ4v) is 3.46. The summed E-state index contributed by atoms with van der Waals surface area (Å²) in [4.78, 5) is 11.3. The number of halogens is 1. The maximum Gasteiger partial charge on any atom is 0.129 e. The summed E-state index contributed by atoms with van der Waals surface area (Å²) < 4.78 is 7.48. The molecule has 0 radical (unpaired) electrons. The van der Waals surface area contributed by atoms with Gasteiger partial charge in [-0.15, -0.1) is 0 Å². The molecule has 1 fully saturated rings. The molecule has 0 bridgehead atoms. The number of morpholine rings is 1. The van der Waals surface area contributed by atoms with Crippen LogP contribution in [0.5, 0.6) is 0 Å². The Kier molecular flexibility index (Phi) is 5.15. The second-order valence-corrected chi connectivity index (χ2v) is 7.09. The van der Waals surface area contributed by atoms with Crippen molar-refractivity contribution >= 4 is 22.6 Å². The van der Waals surface area contributed by atoms with Crippen molar-refractivity contribution in [2.24, 2.45) is 0 Å². The highest BCUT2D eigenvalue weighted by atomic mass is 35.5. The zero-order valence-corrected chi connectivity index (χ0v) is 15.6. The number of pyridine rings is 2. The van der Waals surface area contributed by atoms with Gasteiger partial charge in [-0.3, -0.25) is 14.6 Å². The number of hydrogen-bond donors (Lipinski definition) is 0. The fourth-order valence-electron chi connectivity index (χ4n) is 3.30. The lowest BCUT2D eigenvalue weighted by atomic mass is 10.1. The van der Waals surface area contributed by atoms with Gasteiger partial charge in [-0.1, -0.05) is 11.6 Å². The molecule has 7 heteroatoms. The first-order valence-electron chi connectivity index (χ1n) is 8.96. The van der Waals surface area contributed by atoms with Crippen LogP contribution in [-0.2, 0) is 11.3 Å². The summed E-state index contributed by atoms with van der Waals surface area (Å²) in [6, 6.07) is 6.14. The third-order valence-electron chi connectivity index (χ3n) is 4.81. The van der Waals surface area contributed by atoms with E-state index in [4.69, 9.17) is 16.3 Å². The zero-order valence-electron chi connectivity index (χ0n) is 14.8. The van der Waals surface area contributed by atoms with E-state index in [-0.39, 0.29) is 0 Å². The van der Waals surface area contributed by atoms with Gasteiger partial charge < -0.3 is 4.74 Å². The van der Waals surface area contributed by atoms with Gasteiger partial charge in [-0.2, -0.15) is 5.10 Å². The van der Waals surface area contributed by atoms with E-state index in [1.54, 1.807) is 6.07 Å². The van der Waals surface area contributed by atoms with Gasteiger partial charge in [0.05, 0.1) is 30.4 Å². The van der Waals surface area contributed by atoms with Crippen molar-refractivity contribution in [2.45, 2.75) is 25.9 Å². The lowest BCUT2D eigenvalue weighted by molar-refractivity contribution is -0.00119. The Morgan fingerprint density at radius 1 is 1.19 bits per heavy atom. The van der Waals surface area contributed by atoms with Gasteiger partial charge in [-0.05, 0) is 31.5 Å². The van der Waals surface area contributed by atoms with Gasteiger partial charge in [0.25, 0.3) is 0 Å². The number of fused-ring (bicyclic) bond motifs is 1. The molecule has 0 aromatic carbocycles. The van der Waals surface area contributed by atoms with Crippen LogP contribution in [0.15, 0.2) is 36.8 Å². The first kappa shape index (κ1) is 17.4. The van der Waals surface area contributed by atoms with Crippen LogP contribution in [0, 0.1) is 0 Å². The lowest BCUT2D eigenvalue weighted by Crippen LogP contribution is -2.44. The van der Waals surface area contributed by atoms with Gasteiger partial charge in [0.2, 0.25) is 0 Å². The Labute approximate surface area is 157 Å². The van der Waals surface area contributed by atoms with E-state index in [1.807, 2.05) is 29.2 Å². The number of nitrogens with zero attached hydrogens (tertiary/aromatic N) is 5. The van der Waals surface area contributed by atoms with Crippen molar-refractivity contribution in [2.75, 3.05) is 26.3 Å².